The second-order valence-electron chi connectivity index (χ2n) is 16.2. The Kier molecular flexibility index (Phi) is 30.9. The molecule has 2 aliphatic rings. The van der Waals surface area contributed by atoms with Crippen molar-refractivity contribution in [3.05, 3.63) is 24.3 Å². The van der Waals surface area contributed by atoms with Crippen LogP contribution in [0.15, 0.2) is 24.3 Å². The molecule has 59 heavy (non-hydrogen) atoms. The van der Waals surface area contributed by atoms with Crippen molar-refractivity contribution in [2.24, 2.45) is 0 Å². The third kappa shape index (κ3) is 22.9. The van der Waals surface area contributed by atoms with Crippen LogP contribution in [0.4, 0.5) is 0 Å². The molecule has 0 amide bonds. The first-order valence-corrected chi connectivity index (χ1v) is 22.9. The third-order valence-corrected chi connectivity index (χ3v) is 11.0. The summed E-state index contributed by atoms with van der Waals surface area (Å²) in [6.07, 6.45) is 16.9. The molecule has 346 valence electrons. The highest BCUT2D eigenvalue weighted by molar-refractivity contribution is 5.69. The van der Waals surface area contributed by atoms with E-state index < -0.39 is 80.7 Å². The highest BCUT2D eigenvalue weighted by Gasteiger charge is 2.47. The number of rotatable bonds is 35. The molecular formula is C45H82O14. The molecule has 11 atom stereocenters. The summed E-state index contributed by atoms with van der Waals surface area (Å²) in [5, 5.41) is 71.8. The summed E-state index contributed by atoms with van der Waals surface area (Å²) in [7, 11) is 0. The molecule has 0 aromatic rings. The van der Waals surface area contributed by atoms with Gasteiger partial charge in [-0.15, -0.1) is 0 Å². The summed E-state index contributed by atoms with van der Waals surface area (Å²) in [5.41, 5.74) is 0. The number of aliphatic hydroxyl groups is 7. The maximum absolute atomic E-state index is 12.8. The van der Waals surface area contributed by atoms with E-state index >= 15 is 0 Å². The summed E-state index contributed by atoms with van der Waals surface area (Å²) < 4.78 is 34.1. The van der Waals surface area contributed by atoms with Gasteiger partial charge in [0.05, 0.1) is 26.4 Å². The molecule has 0 aliphatic carbocycles. The monoisotopic (exact) mass is 847 g/mol. The number of esters is 1. The van der Waals surface area contributed by atoms with Crippen molar-refractivity contribution in [1.29, 1.82) is 0 Å². The van der Waals surface area contributed by atoms with Crippen LogP contribution >= 0.6 is 0 Å². The fourth-order valence-electron chi connectivity index (χ4n) is 7.14. The van der Waals surface area contributed by atoms with Gasteiger partial charge >= 0.3 is 5.97 Å². The van der Waals surface area contributed by atoms with E-state index in [4.69, 9.17) is 28.4 Å². The molecule has 2 rings (SSSR count). The second-order valence-corrected chi connectivity index (χ2v) is 16.2. The molecule has 7 N–H and O–H groups in total. The summed E-state index contributed by atoms with van der Waals surface area (Å²) in [6, 6.07) is 0. The minimum Gasteiger partial charge on any atom is -0.457 e. The molecule has 2 aliphatic heterocycles. The maximum Gasteiger partial charge on any atom is 0.306 e. The largest absolute Gasteiger partial charge is 0.457 e. The molecule has 11 unspecified atom stereocenters. The quantitative estimate of drug-likeness (QED) is 0.0246. The molecule has 2 fully saturated rings. The van der Waals surface area contributed by atoms with Crippen LogP contribution in [-0.2, 0) is 33.2 Å². The van der Waals surface area contributed by atoms with Crippen molar-refractivity contribution in [1.82, 2.24) is 0 Å². The van der Waals surface area contributed by atoms with Crippen LogP contribution in [0.3, 0.4) is 0 Å². The van der Waals surface area contributed by atoms with E-state index in [-0.39, 0.29) is 25.6 Å². The van der Waals surface area contributed by atoms with Crippen LogP contribution < -0.4 is 0 Å². The summed E-state index contributed by atoms with van der Waals surface area (Å²) in [5.74, 6) is -0.385. The Morgan fingerprint density at radius 1 is 0.559 bits per heavy atom. The van der Waals surface area contributed by atoms with Gasteiger partial charge in [0, 0.05) is 13.0 Å². The third-order valence-electron chi connectivity index (χ3n) is 11.0. The van der Waals surface area contributed by atoms with E-state index in [0.29, 0.717) is 13.0 Å². The Labute approximate surface area is 354 Å². The molecule has 0 bridgehead atoms. The number of hydrogen-bond acceptors (Lipinski definition) is 14. The van der Waals surface area contributed by atoms with E-state index in [0.717, 1.165) is 57.8 Å². The zero-order chi connectivity index (χ0) is 43.1. The summed E-state index contributed by atoms with van der Waals surface area (Å²) >= 11 is 0. The van der Waals surface area contributed by atoms with Gasteiger partial charge in [0.25, 0.3) is 0 Å². The van der Waals surface area contributed by atoms with Crippen molar-refractivity contribution in [3.8, 4) is 0 Å². The lowest BCUT2D eigenvalue weighted by Crippen LogP contribution is -2.61. The van der Waals surface area contributed by atoms with Crippen LogP contribution in [0.1, 0.15) is 155 Å². The van der Waals surface area contributed by atoms with Crippen molar-refractivity contribution in [3.63, 3.8) is 0 Å². The first kappa shape index (κ1) is 53.6. The Morgan fingerprint density at radius 2 is 1.05 bits per heavy atom. The first-order valence-electron chi connectivity index (χ1n) is 22.9. The minimum atomic E-state index is -1.70. The number of hydrogen-bond donors (Lipinski definition) is 7. The number of allylic oxidation sites excluding steroid dienone is 4. The molecule has 2 saturated heterocycles. The molecule has 14 nitrogen and oxygen atoms in total. The average molecular weight is 847 g/mol. The maximum atomic E-state index is 12.8. The predicted octanol–water partition coefficient (Wildman–Crippen LogP) is 5.29. The number of carbonyl (C=O) groups excluding carboxylic acids is 1. The lowest BCUT2D eigenvalue weighted by molar-refractivity contribution is -0.332. The molecule has 0 aromatic heterocycles. The smallest absolute Gasteiger partial charge is 0.306 e. The van der Waals surface area contributed by atoms with Crippen LogP contribution in [0.25, 0.3) is 0 Å². The van der Waals surface area contributed by atoms with E-state index in [2.05, 4.69) is 38.2 Å². The molecule has 0 spiro atoms. The van der Waals surface area contributed by atoms with Crippen molar-refractivity contribution in [2.45, 2.75) is 223 Å². The zero-order valence-corrected chi connectivity index (χ0v) is 36.2. The molecule has 14 heteroatoms. The van der Waals surface area contributed by atoms with Crippen molar-refractivity contribution >= 4 is 5.97 Å². The highest BCUT2D eigenvalue weighted by atomic mass is 16.7. The minimum absolute atomic E-state index is 0.0567. The Bertz CT molecular complexity index is 1080. The molecular weight excluding hydrogens is 764 g/mol. The molecule has 0 aromatic carbocycles. The van der Waals surface area contributed by atoms with E-state index in [1.807, 2.05) is 0 Å². The van der Waals surface area contributed by atoms with Gasteiger partial charge in [-0.05, 0) is 44.9 Å². The van der Waals surface area contributed by atoms with Gasteiger partial charge in [-0.25, -0.2) is 0 Å². The van der Waals surface area contributed by atoms with Crippen LogP contribution in [0.5, 0.6) is 0 Å². The van der Waals surface area contributed by atoms with Gasteiger partial charge in [0.15, 0.2) is 12.6 Å². The SMILES string of the molecule is CCCCCC/C=C\C/C=C\CCCCCCCCOCC(COC1OC(COC2OC(CO)C(O)C(O)C2O)C(O)C(O)C1O)OC(=O)CCCCCCCCCC. The lowest BCUT2D eigenvalue weighted by atomic mass is 9.98. The second kappa shape index (κ2) is 34.0. The van der Waals surface area contributed by atoms with Gasteiger partial charge in [-0.2, -0.15) is 0 Å². The Hall–Kier alpha value is -1.53. The van der Waals surface area contributed by atoms with E-state index in [1.54, 1.807) is 0 Å². The summed E-state index contributed by atoms with van der Waals surface area (Å²) in [4.78, 5) is 12.8. The summed E-state index contributed by atoms with van der Waals surface area (Å²) in [6.45, 7) is 3.60. The first-order chi connectivity index (χ1) is 28.6. The molecule has 2 heterocycles. The number of ether oxygens (including phenoxy) is 6. The average Bonchev–Trinajstić information content (AvgIpc) is 3.23. The zero-order valence-electron chi connectivity index (χ0n) is 36.2. The highest BCUT2D eigenvalue weighted by Crippen LogP contribution is 2.26. The lowest BCUT2D eigenvalue weighted by Gasteiger charge is -2.42. The van der Waals surface area contributed by atoms with Crippen LogP contribution in [-0.4, -0.2) is 142 Å². The molecule has 0 radical (unpaired) electrons. The fraction of sp³-hybridized carbons (Fsp3) is 0.889. The van der Waals surface area contributed by atoms with Crippen LogP contribution in [0, 0.1) is 0 Å². The fourth-order valence-corrected chi connectivity index (χ4v) is 7.14. The van der Waals surface area contributed by atoms with Gasteiger partial charge in [-0.1, -0.05) is 128 Å². The molecule has 0 saturated carbocycles. The normalized spacial score (nSPS) is 28.2. The van der Waals surface area contributed by atoms with E-state index in [1.165, 1.54) is 70.6 Å². The van der Waals surface area contributed by atoms with Gasteiger partial charge in [0.1, 0.15) is 54.9 Å². The van der Waals surface area contributed by atoms with Crippen molar-refractivity contribution in [2.75, 3.05) is 33.0 Å². The predicted molar refractivity (Wildman–Crippen MR) is 224 cm³/mol. The Morgan fingerprint density at radius 3 is 1.64 bits per heavy atom. The van der Waals surface area contributed by atoms with Gasteiger partial charge in [-0.3, -0.25) is 4.79 Å². The number of aliphatic hydroxyl groups excluding tert-OH is 7. The standard InChI is InChI=1S/C45H82O14/c1-3-5-7-9-11-13-14-15-16-17-18-19-20-21-23-25-27-29-54-31-34(57-37(47)28-26-24-22-12-10-8-6-4-2)32-55-44-43(53)41(51)39(49)36(59-44)33-56-45-42(52)40(50)38(48)35(30-46)58-45/h13-14,16-17,34-36,38-46,48-53H,3-12,15,18-33H2,1-2H3/b14-13-,17-16-. The van der Waals surface area contributed by atoms with Gasteiger partial charge in [0.2, 0.25) is 0 Å². The Balaban J connectivity index is 1.78. The number of unbranched alkanes of at least 4 members (excludes halogenated alkanes) is 17. The topological polar surface area (TPSA) is 214 Å². The van der Waals surface area contributed by atoms with Crippen LogP contribution in [0.2, 0.25) is 0 Å². The van der Waals surface area contributed by atoms with E-state index in [9.17, 15) is 40.5 Å². The number of carbonyl (C=O) groups is 1. The van der Waals surface area contributed by atoms with Crippen molar-refractivity contribution < 1.29 is 69.0 Å². The van der Waals surface area contributed by atoms with Gasteiger partial charge < -0.3 is 64.2 Å².